The smallest absolute Gasteiger partial charge is 0.244 e. The molecule has 0 fully saturated rings. The highest BCUT2D eigenvalue weighted by molar-refractivity contribution is 9.10. The second kappa shape index (κ2) is 14.2. The quantitative estimate of drug-likeness (QED) is 0.272. The summed E-state index contributed by atoms with van der Waals surface area (Å²) in [6.45, 7) is 1.73. The number of carbonyl (C=O) groups excluding carboxylic acids is 2. The Bertz CT molecular complexity index is 1390. The van der Waals surface area contributed by atoms with Crippen LogP contribution < -0.4 is 9.62 Å². The van der Waals surface area contributed by atoms with Crippen LogP contribution in [0, 0.1) is 0 Å². The van der Waals surface area contributed by atoms with E-state index in [0.717, 1.165) is 16.1 Å². The first-order valence-corrected chi connectivity index (χ1v) is 15.7. The van der Waals surface area contributed by atoms with Crippen LogP contribution in [-0.4, -0.2) is 50.5 Å². The van der Waals surface area contributed by atoms with Gasteiger partial charge in [0.1, 0.15) is 12.6 Å². The Morgan fingerprint density at radius 1 is 0.949 bits per heavy atom. The Morgan fingerprint density at radius 2 is 1.56 bits per heavy atom. The van der Waals surface area contributed by atoms with Gasteiger partial charge in [0.25, 0.3) is 0 Å². The van der Waals surface area contributed by atoms with E-state index in [-0.39, 0.29) is 18.9 Å². The van der Waals surface area contributed by atoms with Crippen LogP contribution in [0.1, 0.15) is 24.5 Å². The highest BCUT2D eigenvalue weighted by Crippen LogP contribution is 2.30. The molecule has 0 saturated heterocycles. The van der Waals surface area contributed by atoms with E-state index in [2.05, 4.69) is 21.2 Å². The topological polar surface area (TPSA) is 86.8 Å². The first-order valence-electron chi connectivity index (χ1n) is 12.3. The van der Waals surface area contributed by atoms with Gasteiger partial charge in [0.15, 0.2) is 0 Å². The molecule has 11 heteroatoms. The summed E-state index contributed by atoms with van der Waals surface area (Å²) in [6, 6.07) is 20.1. The zero-order chi connectivity index (χ0) is 28.6. The summed E-state index contributed by atoms with van der Waals surface area (Å²) in [5.74, 6) is -0.941. The van der Waals surface area contributed by atoms with Crippen LogP contribution in [-0.2, 0) is 32.6 Å². The fraction of sp³-hybridized carbons (Fsp3) is 0.286. The highest BCUT2D eigenvalue weighted by atomic mass is 79.9. The number of anilines is 1. The number of rotatable bonds is 12. The third-order valence-corrected chi connectivity index (χ3v) is 8.52. The van der Waals surface area contributed by atoms with Crippen LogP contribution in [0.25, 0.3) is 0 Å². The molecule has 0 bridgehead atoms. The number of para-hydroxylation sites is 1. The Morgan fingerprint density at radius 3 is 2.15 bits per heavy atom. The minimum absolute atomic E-state index is 0.0953. The molecule has 0 aliphatic rings. The molecule has 0 radical (unpaired) electrons. The van der Waals surface area contributed by atoms with Crippen LogP contribution in [0.4, 0.5) is 5.69 Å². The minimum Gasteiger partial charge on any atom is -0.354 e. The van der Waals surface area contributed by atoms with Gasteiger partial charge in [-0.15, -0.1) is 0 Å². The molecule has 39 heavy (non-hydrogen) atoms. The standard InChI is InChI=1S/C28H30BrCl2N3O4S/c1-3-16-32-28(36)26(17-20-10-5-4-6-11-20)33(18-21-23(30)13-9-14-24(21)31)27(35)19-34(39(2,37)38)25-15-8-7-12-22(25)29/h4-15,26H,3,16-19H2,1-2H3,(H,32,36)/t26-/m0/s1. The van der Waals surface area contributed by atoms with Gasteiger partial charge in [-0.1, -0.05) is 78.7 Å². The van der Waals surface area contributed by atoms with Crippen LogP contribution in [0.15, 0.2) is 77.3 Å². The van der Waals surface area contributed by atoms with Crippen LogP contribution in [0.2, 0.25) is 10.0 Å². The lowest BCUT2D eigenvalue weighted by atomic mass is 10.0. The molecule has 3 aromatic carbocycles. The molecule has 208 valence electrons. The average Bonchev–Trinajstić information content (AvgIpc) is 2.89. The molecule has 0 spiro atoms. The Labute approximate surface area is 248 Å². The van der Waals surface area contributed by atoms with Crippen molar-refractivity contribution in [1.29, 1.82) is 0 Å². The molecule has 0 aliphatic heterocycles. The van der Waals surface area contributed by atoms with Gasteiger partial charge < -0.3 is 10.2 Å². The Hall–Kier alpha value is -2.59. The van der Waals surface area contributed by atoms with Gasteiger partial charge in [-0.05, 0) is 52.2 Å². The van der Waals surface area contributed by atoms with Gasteiger partial charge in [-0.2, -0.15) is 0 Å². The van der Waals surface area contributed by atoms with E-state index in [4.69, 9.17) is 23.2 Å². The number of nitrogens with zero attached hydrogens (tertiary/aromatic N) is 2. The number of amides is 2. The van der Waals surface area contributed by atoms with E-state index >= 15 is 0 Å². The van der Waals surface area contributed by atoms with Crippen molar-refractivity contribution < 1.29 is 18.0 Å². The van der Waals surface area contributed by atoms with Gasteiger partial charge in [-0.3, -0.25) is 13.9 Å². The SMILES string of the molecule is CCCNC(=O)[C@H](Cc1ccccc1)N(Cc1c(Cl)cccc1Cl)C(=O)CN(c1ccccc1Br)S(C)(=O)=O. The largest absolute Gasteiger partial charge is 0.354 e. The van der Waals surface area contributed by atoms with E-state index in [1.54, 1.807) is 42.5 Å². The number of hydrogen-bond acceptors (Lipinski definition) is 4. The molecular formula is C28H30BrCl2N3O4S. The number of carbonyl (C=O) groups is 2. The first kappa shape index (κ1) is 30.9. The number of halogens is 3. The predicted octanol–water partition coefficient (Wildman–Crippen LogP) is 5.69. The second-order valence-corrected chi connectivity index (χ2v) is 12.5. The van der Waals surface area contributed by atoms with Gasteiger partial charge >= 0.3 is 0 Å². The third-order valence-electron chi connectivity index (χ3n) is 6.01. The summed E-state index contributed by atoms with van der Waals surface area (Å²) in [5.41, 5.74) is 1.60. The average molecular weight is 655 g/mol. The number of benzene rings is 3. The van der Waals surface area contributed by atoms with Crippen molar-refractivity contribution in [3.63, 3.8) is 0 Å². The van der Waals surface area contributed by atoms with E-state index in [1.807, 2.05) is 37.3 Å². The van der Waals surface area contributed by atoms with Gasteiger partial charge in [-0.25, -0.2) is 8.42 Å². The zero-order valence-corrected chi connectivity index (χ0v) is 25.5. The molecule has 0 unspecified atom stereocenters. The van der Waals surface area contributed by atoms with Crippen molar-refractivity contribution in [2.75, 3.05) is 23.7 Å². The van der Waals surface area contributed by atoms with E-state index < -0.39 is 28.5 Å². The first-order chi connectivity index (χ1) is 18.5. The number of sulfonamides is 1. The molecule has 1 atom stereocenters. The maximum Gasteiger partial charge on any atom is 0.244 e. The molecule has 1 N–H and O–H groups in total. The molecule has 3 rings (SSSR count). The van der Waals surface area contributed by atoms with Gasteiger partial charge in [0.05, 0.1) is 11.9 Å². The molecule has 0 saturated carbocycles. The fourth-order valence-electron chi connectivity index (χ4n) is 4.02. The second-order valence-electron chi connectivity index (χ2n) is 8.94. The lowest BCUT2D eigenvalue weighted by Crippen LogP contribution is -2.53. The molecular weight excluding hydrogens is 625 g/mol. The number of hydrogen-bond donors (Lipinski definition) is 1. The van der Waals surface area contributed by atoms with E-state index in [0.29, 0.717) is 38.7 Å². The van der Waals surface area contributed by atoms with Crippen molar-refractivity contribution in [2.45, 2.75) is 32.4 Å². The lowest BCUT2D eigenvalue weighted by Gasteiger charge is -2.34. The van der Waals surface area contributed by atoms with Crippen molar-refractivity contribution in [2.24, 2.45) is 0 Å². The molecule has 7 nitrogen and oxygen atoms in total. The zero-order valence-electron chi connectivity index (χ0n) is 21.6. The van der Waals surface area contributed by atoms with Crippen molar-refractivity contribution in [3.8, 4) is 0 Å². The van der Waals surface area contributed by atoms with Gasteiger partial charge in [0.2, 0.25) is 21.8 Å². The third kappa shape index (κ3) is 8.45. The predicted molar refractivity (Wildman–Crippen MR) is 161 cm³/mol. The van der Waals surface area contributed by atoms with Crippen molar-refractivity contribution >= 4 is 66.7 Å². The molecule has 2 amide bonds. The molecule has 0 aliphatic carbocycles. The fourth-order valence-corrected chi connectivity index (χ4v) is 6.02. The van der Waals surface area contributed by atoms with Crippen LogP contribution in [0.5, 0.6) is 0 Å². The maximum absolute atomic E-state index is 14.1. The molecule has 0 aromatic heterocycles. The van der Waals surface area contributed by atoms with E-state index in [1.165, 1.54) is 4.90 Å². The summed E-state index contributed by atoms with van der Waals surface area (Å²) in [6.07, 6.45) is 1.94. The lowest BCUT2D eigenvalue weighted by molar-refractivity contribution is -0.140. The summed E-state index contributed by atoms with van der Waals surface area (Å²) in [4.78, 5) is 28.9. The van der Waals surface area contributed by atoms with Crippen LogP contribution in [0.3, 0.4) is 0 Å². The Balaban J connectivity index is 2.10. The van der Waals surface area contributed by atoms with Gasteiger partial charge in [0, 0.05) is 39.6 Å². The summed E-state index contributed by atoms with van der Waals surface area (Å²) in [7, 11) is -3.87. The molecule has 0 heterocycles. The summed E-state index contributed by atoms with van der Waals surface area (Å²) >= 11 is 16.3. The number of nitrogens with one attached hydrogen (secondary N) is 1. The summed E-state index contributed by atoms with van der Waals surface area (Å²) < 4.78 is 27.2. The van der Waals surface area contributed by atoms with Crippen molar-refractivity contribution in [3.05, 3.63) is 98.4 Å². The van der Waals surface area contributed by atoms with E-state index in [9.17, 15) is 18.0 Å². The summed E-state index contributed by atoms with van der Waals surface area (Å²) in [5, 5.41) is 3.55. The minimum atomic E-state index is -3.87. The van der Waals surface area contributed by atoms with Crippen LogP contribution >= 0.6 is 39.1 Å². The normalized spacial score (nSPS) is 12.0. The van der Waals surface area contributed by atoms with Crippen molar-refractivity contribution in [1.82, 2.24) is 10.2 Å². The molecule has 3 aromatic rings. The highest BCUT2D eigenvalue weighted by Gasteiger charge is 2.34. The Kier molecular flexibility index (Phi) is 11.2. The maximum atomic E-state index is 14.1. The monoisotopic (exact) mass is 653 g/mol.